The molecule has 1 heterocycles. The van der Waals surface area contributed by atoms with Crippen LogP contribution in [0, 0.1) is 5.92 Å². The summed E-state index contributed by atoms with van der Waals surface area (Å²) in [4.78, 5) is 7.12. The number of hydrogen-bond donors (Lipinski definition) is 3. The molecule has 0 aliphatic carbocycles. The Morgan fingerprint density at radius 1 is 1.32 bits per heavy atom. The SMILES string of the molecule is CCNC(=NCCC(O)c1ccccc1)NCCN1CCCC(C)C1. The van der Waals surface area contributed by atoms with Crippen molar-refractivity contribution in [2.24, 2.45) is 10.9 Å². The largest absolute Gasteiger partial charge is 0.388 e. The van der Waals surface area contributed by atoms with E-state index < -0.39 is 6.10 Å². The standard InChI is InChI=1S/C20H34N4O/c1-3-21-20(23-13-15-24-14-7-8-17(2)16-24)22-12-11-19(25)18-9-5-4-6-10-18/h4-6,9-10,17,19,25H,3,7-8,11-16H2,1-2H3,(H2,21,22,23). The first-order valence-electron chi connectivity index (χ1n) is 9.66. The second kappa shape index (κ2) is 11.1. The number of piperidine rings is 1. The predicted molar refractivity (Wildman–Crippen MR) is 105 cm³/mol. The molecule has 1 aliphatic heterocycles. The van der Waals surface area contributed by atoms with Gasteiger partial charge in [-0.3, -0.25) is 4.99 Å². The zero-order chi connectivity index (χ0) is 17.9. The third kappa shape index (κ3) is 7.45. The van der Waals surface area contributed by atoms with E-state index in [4.69, 9.17) is 0 Å². The molecule has 0 aromatic heterocycles. The van der Waals surface area contributed by atoms with Crippen molar-refractivity contribution in [3.63, 3.8) is 0 Å². The summed E-state index contributed by atoms with van der Waals surface area (Å²) < 4.78 is 0. The molecule has 0 amide bonds. The molecule has 1 fully saturated rings. The maximum absolute atomic E-state index is 10.2. The van der Waals surface area contributed by atoms with Crippen molar-refractivity contribution < 1.29 is 5.11 Å². The van der Waals surface area contributed by atoms with Gasteiger partial charge in [0.2, 0.25) is 0 Å². The summed E-state index contributed by atoms with van der Waals surface area (Å²) in [5.41, 5.74) is 0.954. The van der Waals surface area contributed by atoms with Gasteiger partial charge >= 0.3 is 0 Å². The summed E-state index contributed by atoms with van der Waals surface area (Å²) in [6.07, 6.45) is 2.84. The van der Waals surface area contributed by atoms with E-state index in [1.807, 2.05) is 30.3 Å². The number of benzene rings is 1. The molecule has 1 aromatic carbocycles. The zero-order valence-corrected chi connectivity index (χ0v) is 15.7. The molecular formula is C20H34N4O. The maximum Gasteiger partial charge on any atom is 0.191 e. The lowest BCUT2D eigenvalue weighted by Gasteiger charge is -2.30. The van der Waals surface area contributed by atoms with E-state index in [0.717, 1.165) is 37.1 Å². The summed E-state index contributed by atoms with van der Waals surface area (Å²) in [5, 5.41) is 16.9. The van der Waals surface area contributed by atoms with Gasteiger partial charge in [-0.25, -0.2) is 0 Å². The number of likely N-dealkylation sites (tertiary alicyclic amines) is 1. The number of hydrogen-bond acceptors (Lipinski definition) is 3. The smallest absolute Gasteiger partial charge is 0.191 e. The van der Waals surface area contributed by atoms with E-state index in [-0.39, 0.29) is 0 Å². The van der Waals surface area contributed by atoms with Crippen molar-refractivity contribution in [1.82, 2.24) is 15.5 Å². The molecule has 140 valence electrons. The van der Waals surface area contributed by atoms with Crippen LogP contribution in [0.5, 0.6) is 0 Å². The van der Waals surface area contributed by atoms with Crippen LogP contribution < -0.4 is 10.6 Å². The summed E-state index contributed by atoms with van der Waals surface area (Å²) >= 11 is 0. The van der Waals surface area contributed by atoms with Crippen molar-refractivity contribution in [3.05, 3.63) is 35.9 Å². The Morgan fingerprint density at radius 2 is 2.12 bits per heavy atom. The number of guanidine groups is 1. The highest BCUT2D eigenvalue weighted by Gasteiger charge is 2.15. The number of aliphatic hydroxyl groups is 1. The van der Waals surface area contributed by atoms with Gasteiger partial charge in [0, 0.05) is 32.7 Å². The minimum atomic E-state index is -0.456. The number of nitrogens with zero attached hydrogens (tertiary/aromatic N) is 2. The average molecular weight is 347 g/mol. The predicted octanol–water partition coefficient (Wildman–Crippen LogP) is 2.40. The van der Waals surface area contributed by atoms with E-state index in [1.54, 1.807) is 0 Å². The van der Waals surface area contributed by atoms with Gasteiger partial charge in [0.05, 0.1) is 6.10 Å². The quantitative estimate of drug-likeness (QED) is 0.500. The lowest BCUT2D eigenvalue weighted by Crippen LogP contribution is -2.43. The molecule has 25 heavy (non-hydrogen) atoms. The fourth-order valence-electron chi connectivity index (χ4n) is 3.30. The minimum absolute atomic E-state index is 0.456. The first-order valence-corrected chi connectivity index (χ1v) is 9.66. The van der Waals surface area contributed by atoms with E-state index in [2.05, 4.69) is 34.4 Å². The zero-order valence-electron chi connectivity index (χ0n) is 15.7. The third-order valence-corrected chi connectivity index (χ3v) is 4.66. The van der Waals surface area contributed by atoms with Crippen molar-refractivity contribution in [3.8, 4) is 0 Å². The van der Waals surface area contributed by atoms with Gasteiger partial charge in [0.25, 0.3) is 0 Å². The Morgan fingerprint density at radius 3 is 2.84 bits per heavy atom. The molecule has 1 aromatic rings. The Hall–Kier alpha value is -1.59. The van der Waals surface area contributed by atoms with Crippen LogP contribution in [0.3, 0.4) is 0 Å². The highest BCUT2D eigenvalue weighted by atomic mass is 16.3. The Labute approximate surface area is 152 Å². The fourth-order valence-corrected chi connectivity index (χ4v) is 3.30. The summed E-state index contributed by atoms with van der Waals surface area (Å²) in [6.45, 7) is 10.2. The van der Waals surface area contributed by atoms with Gasteiger partial charge in [0.15, 0.2) is 5.96 Å². The van der Waals surface area contributed by atoms with Crippen molar-refractivity contribution in [2.45, 2.75) is 39.2 Å². The molecule has 1 saturated heterocycles. The van der Waals surface area contributed by atoms with Crippen LogP contribution in [-0.4, -0.2) is 55.2 Å². The van der Waals surface area contributed by atoms with Crippen molar-refractivity contribution in [1.29, 1.82) is 0 Å². The van der Waals surface area contributed by atoms with Crippen LogP contribution in [0.4, 0.5) is 0 Å². The highest BCUT2D eigenvalue weighted by Crippen LogP contribution is 2.16. The second-order valence-electron chi connectivity index (χ2n) is 6.95. The van der Waals surface area contributed by atoms with Crippen LogP contribution >= 0.6 is 0 Å². The van der Waals surface area contributed by atoms with E-state index >= 15 is 0 Å². The van der Waals surface area contributed by atoms with E-state index in [9.17, 15) is 5.11 Å². The maximum atomic E-state index is 10.2. The lowest BCUT2D eigenvalue weighted by atomic mass is 10.0. The van der Waals surface area contributed by atoms with E-state index in [1.165, 1.54) is 25.9 Å². The molecule has 0 radical (unpaired) electrons. The summed E-state index contributed by atoms with van der Waals surface area (Å²) in [6, 6.07) is 9.78. The monoisotopic (exact) mass is 346 g/mol. The van der Waals surface area contributed by atoms with Crippen molar-refractivity contribution >= 4 is 5.96 Å². The first kappa shape index (κ1) is 19.7. The topological polar surface area (TPSA) is 59.9 Å². The molecule has 0 spiro atoms. The normalized spacial score (nSPS) is 20.3. The van der Waals surface area contributed by atoms with Crippen LogP contribution in [0.2, 0.25) is 0 Å². The van der Waals surface area contributed by atoms with Gasteiger partial charge in [-0.2, -0.15) is 0 Å². The number of nitrogens with one attached hydrogen (secondary N) is 2. The fraction of sp³-hybridized carbons (Fsp3) is 0.650. The molecule has 0 bridgehead atoms. The first-order chi connectivity index (χ1) is 12.2. The molecule has 3 N–H and O–H groups in total. The van der Waals surface area contributed by atoms with Crippen LogP contribution in [0.1, 0.15) is 44.8 Å². The molecule has 5 nitrogen and oxygen atoms in total. The van der Waals surface area contributed by atoms with Crippen molar-refractivity contribution in [2.75, 3.05) is 39.3 Å². The van der Waals surface area contributed by atoms with E-state index in [0.29, 0.717) is 13.0 Å². The molecular weight excluding hydrogens is 312 g/mol. The van der Waals surface area contributed by atoms with Crippen LogP contribution in [0.15, 0.2) is 35.3 Å². The Bertz CT molecular complexity index is 506. The highest BCUT2D eigenvalue weighted by molar-refractivity contribution is 5.79. The summed E-state index contributed by atoms with van der Waals surface area (Å²) in [5.74, 6) is 1.66. The van der Waals surface area contributed by atoms with Gasteiger partial charge in [-0.1, -0.05) is 37.3 Å². The minimum Gasteiger partial charge on any atom is -0.388 e. The number of rotatable bonds is 8. The number of aliphatic imine (C=N–C) groups is 1. The van der Waals surface area contributed by atoms with Gasteiger partial charge in [-0.15, -0.1) is 0 Å². The molecule has 5 heteroatoms. The molecule has 2 rings (SSSR count). The second-order valence-corrected chi connectivity index (χ2v) is 6.95. The summed E-state index contributed by atoms with van der Waals surface area (Å²) in [7, 11) is 0. The van der Waals surface area contributed by atoms with Gasteiger partial charge < -0.3 is 20.6 Å². The van der Waals surface area contributed by atoms with Crippen LogP contribution in [-0.2, 0) is 0 Å². The van der Waals surface area contributed by atoms with Gasteiger partial charge in [0.1, 0.15) is 0 Å². The Kier molecular flexibility index (Phi) is 8.77. The third-order valence-electron chi connectivity index (χ3n) is 4.66. The molecule has 0 saturated carbocycles. The molecule has 2 atom stereocenters. The molecule has 2 unspecified atom stereocenters. The van der Waals surface area contributed by atoms with Crippen LogP contribution in [0.25, 0.3) is 0 Å². The Balaban J connectivity index is 1.72. The van der Waals surface area contributed by atoms with Gasteiger partial charge in [-0.05, 0) is 44.2 Å². The average Bonchev–Trinajstić information content (AvgIpc) is 2.62. The lowest BCUT2D eigenvalue weighted by molar-refractivity contribution is 0.170. The number of aliphatic hydroxyl groups excluding tert-OH is 1. The molecule has 1 aliphatic rings.